The van der Waals surface area contributed by atoms with Crippen molar-refractivity contribution in [2.45, 2.75) is 106 Å². The SMILES string of the molecule is CC(=O)C[C@@H](C)c1ccc(C(CC(C)C)CC(C)C)c(CC2=CC(C(C)(C)C)=CC2)c1. The summed E-state index contributed by atoms with van der Waals surface area (Å²) in [6.45, 7) is 20.2. The van der Waals surface area contributed by atoms with E-state index in [4.69, 9.17) is 0 Å². The van der Waals surface area contributed by atoms with Crippen LogP contribution in [0.1, 0.15) is 117 Å². The molecule has 0 fully saturated rings. The van der Waals surface area contributed by atoms with Gasteiger partial charge in [0.1, 0.15) is 5.78 Å². The molecule has 0 N–H and O–H groups in total. The van der Waals surface area contributed by atoms with Gasteiger partial charge >= 0.3 is 0 Å². The number of hydrogen-bond donors (Lipinski definition) is 0. The third-order valence-corrected chi connectivity index (χ3v) is 6.51. The minimum absolute atomic E-state index is 0.209. The van der Waals surface area contributed by atoms with Gasteiger partial charge < -0.3 is 4.79 Å². The lowest BCUT2D eigenvalue weighted by atomic mass is 9.79. The lowest BCUT2D eigenvalue weighted by Gasteiger charge is -2.26. The van der Waals surface area contributed by atoms with E-state index in [1.807, 2.05) is 0 Å². The topological polar surface area (TPSA) is 17.1 Å². The van der Waals surface area contributed by atoms with Crippen LogP contribution >= 0.6 is 0 Å². The van der Waals surface area contributed by atoms with Crippen LogP contribution < -0.4 is 0 Å². The van der Waals surface area contributed by atoms with E-state index in [1.165, 1.54) is 40.7 Å². The number of carbonyl (C=O) groups excluding carboxylic acids is 1. The fourth-order valence-corrected chi connectivity index (χ4v) is 4.99. The molecule has 172 valence electrons. The van der Waals surface area contributed by atoms with Crippen LogP contribution in [0.25, 0.3) is 0 Å². The highest BCUT2D eigenvalue weighted by Crippen LogP contribution is 2.38. The molecule has 1 heteroatoms. The Kier molecular flexibility index (Phi) is 8.92. The van der Waals surface area contributed by atoms with Gasteiger partial charge in [-0.1, -0.05) is 91.3 Å². The second-order valence-electron chi connectivity index (χ2n) is 11.8. The van der Waals surface area contributed by atoms with Gasteiger partial charge in [-0.05, 0) is 84.0 Å². The molecule has 1 aliphatic carbocycles. The van der Waals surface area contributed by atoms with Gasteiger partial charge in [-0.3, -0.25) is 0 Å². The number of rotatable bonds is 10. The first-order valence-corrected chi connectivity index (χ1v) is 12.4. The van der Waals surface area contributed by atoms with E-state index < -0.39 is 0 Å². The number of benzene rings is 1. The predicted octanol–water partition coefficient (Wildman–Crippen LogP) is 8.79. The van der Waals surface area contributed by atoms with Crippen LogP contribution in [0.2, 0.25) is 0 Å². The molecular weight excluding hydrogens is 376 g/mol. The third kappa shape index (κ3) is 7.78. The number of Topliss-reactive ketones (excluding diaryl/α,β-unsaturated/α-hetero) is 1. The molecule has 0 aromatic heterocycles. The minimum atomic E-state index is 0.209. The molecule has 2 rings (SSSR count). The summed E-state index contributed by atoms with van der Waals surface area (Å²) in [7, 11) is 0. The van der Waals surface area contributed by atoms with Gasteiger partial charge in [-0.25, -0.2) is 0 Å². The Bertz CT molecular complexity index is 803. The fourth-order valence-electron chi connectivity index (χ4n) is 4.99. The molecule has 1 nitrogen and oxygen atoms in total. The second-order valence-corrected chi connectivity index (χ2v) is 11.8. The molecule has 0 saturated carbocycles. The molecule has 0 aliphatic heterocycles. The Hall–Kier alpha value is -1.63. The fraction of sp³-hybridized carbons (Fsp3) is 0.633. The van der Waals surface area contributed by atoms with Crippen molar-refractivity contribution >= 4 is 5.78 Å². The Balaban J connectivity index is 2.43. The molecule has 0 heterocycles. The molecule has 31 heavy (non-hydrogen) atoms. The number of hydrogen-bond acceptors (Lipinski definition) is 1. The van der Waals surface area contributed by atoms with Crippen molar-refractivity contribution in [3.05, 3.63) is 58.2 Å². The maximum atomic E-state index is 11.7. The minimum Gasteiger partial charge on any atom is -0.300 e. The van der Waals surface area contributed by atoms with Crippen molar-refractivity contribution in [1.82, 2.24) is 0 Å². The van der Waals surface area contributed by atoms with E-state index in [-0.39, 0.29) is 17.1 Å². The zero-order valence-corrected chi connectivity index (χ0v) is 21.6. The summed E-state index contributed by atoms with van der Waals surface area (Å²) in [5, 5.41) is 0. The molecule has 1 aromatic carbocycles. The Morgan fingerprint density at radius 1 is 1.00 bits per heavy atom. The number of ketones is 1. The zero-order chi connectivity index (χ0) is 23.3. The molecule has 1 atom stereocenters. The first-order chi connectivity index (χ1) is 14.4. The predicted molar refractivity (Wildman–Crippen MR) is 136 cm³/mol. The quantitative estimate of drug-likeness (QED) is 0.368. The van der Waals surface area contributed by atoms with Crippen LogP contribution in [0, 0.1) is 17.3 Å². The highest BCUT2D eigenvalue weighted by Gasteiger charge is 2.23. The highest BCUT2D eigenvalue weighted by molar-refractivity contribution is 5.76. The summed E-state index contributed by atoms with van der Waals surface area (Å²) in [6, 6.07) is 7.11. The first kappa shape index (κ1) is 25.6. The van der Waals surface area contributed by atoms with Crippen LogP contribution in [-0.2, 0) is 11.2 Å². The Morgan fingerprint density at radius 3 is 2.10 bits per heavy atom. The van der Waals surface area contributed by atoms with Gasteiger partial charge in [0, 0.05) is 6.42 Å². The first-order valence-electron chi connectivity index (χ1n) is 12.4. The van der Waals surface area contributed by atoms with Crippen molar-refractivity contribution < 1.29 is 4.79 Å². The summed E-state index contributed by atoms with van der Waals surface area (Å²) in [4.78, 5) is 11.7. The van der Waals surface area contributed by atoms with Crippen LogP contribution in [0.5, 0.6) is 0 Å². The maximum Gasteiger partial charge on any atom is 0.130 e. The normalized spacial score (nSPS) is 15.6. The van der Waals surface area contributed by atoms with Crippen molar-refractivity contribution in [2.24, 2.45) is 17.3 Å². The van der Waals surface area contributed by atoms with Crippen LogP contribution in [-0.4, -0.2) is 5.78 Å². The molecule has 0 unspecified atom stereocenters. The van der Waals surface area contributed by atoms with E-state index in [0.29, 0.717) is 24.2 Å². The molecule has 1 aromatic rings. The lowest BCUT2D eigenvalue weighted by Crippen LogP contribution is -2.11. The van der Waals surface area contributed by atoms with Crippen molar-refractivity contribution in [2.75, 3.05) is 0 Å². The van der Waals surface area contributed by atoms with Crippen molar-refractivity contribution in [3.63, 3.8) is 0 Å². The maximum absolute atomic E-state index is 11.7. The van der Waals surface area contributed by atoms with Gasteiger partial charge in [0.05, 0.1) is 0 Å². The van der Waals surface area contributed by atoms with E-state index in [0.717, 1.165) is 12.8 Å². The summed E-state index contributed by atoms with van der Waals surface area (Å²) in [5.41, 5.74) is 7.52. The smallest absolute Gasteiger partial charge is 0.130 e. The van der Waals surface area contributed by atoms with Crippen molar-refractivity contribution in [3.8, 4) is 0 Å². The van der Waals surface area contributed by atoms with Gasteiger partial charge in [0.2, 0.25) is 0 Å². The Labute approximate surface area is 192 Å². The standard InChI is InChI=1S/C30H46O/c1-20(2)14-26(15-21(3)4)29-13-11-25(22(5)16-23(6)31)19-27(29)17-24-10-12-28(18-24)30(7,8)9/h11-13,18-22,26H,10,14-17H2,1-9H3/t22-/m1/s1. The number of allylic oxidation sites excluding steroid dienone is 4. The largest absolute Gasteiger partial charge is 0.300 e. The second kappa shape index (κ2) is 10.8. The zero-order valence-electron chi connectivity index (χ0n) is 21.6. The molecule has 0 amide bonds. The third-order valence-electron chi connectivity index (χ3n) is 6.51. The lowest BCUT2D eigenvalue weighted by molar-refractivity contribution is -0.117. The van der Waals surface area contributed by atoms with Crippen LogP contribution in [0.3, 0.4) is 0 Å². The summed E-state index contributed by atoms with van der Waals surface area (Å²) < 4.78 is 0. The Morgan fingerprint density at radius 2 is 1.61 bits per heavy atom. The van der Waals surface area contributed by atoms with Crippen LogP contribution in [0.15, 0.2) is 41.5 Å². The van der Waals surface area contributed by atoms with Crippen molar-refractivity contribution in [1.29, 1.82) is 0 Å². The summed E-state index contributed by atoms with van der Waals surface area (Å²) >= 11 is 0. The van der Waals surface area contributed by atoms with Gasteiger partial charge in [-0.15, -0.1) is 0 Å². The van der Waals surface area contributed by atoms with E-state index in [9.17, 15) is 4.79 Å². The molecule has 0 bridgehead atoms. The summed E-state index contributed by atoms with van der Waals surface area (Å²) in [5.74, 6) is 2.53. The molecule has 1 aliphatic rings. The average molecular weight is 423 g/mol. The van der Waals surface area contributed by atoms with Gasteiger partial charge in [-0.2, -0.15) is 0 Å². The van der Waals surface area contributed by atoms with E-state index in [2.05, 4.69) is 85.7 Å². The summed E-state index contributed by atoms with van der Waals surface area (Å²) in [6.07, 6.45) is 10.0. The molecule has 0 saturated heterocycles. The monoisotopic (exact) mass is 422 g/mol. The van der Waals surface area contributed by atoms with Gasteiger partial charge in [0.25, 0.3) is 0 Å². The molecular formula is C30H46O. The van der Waals surface area contributed by atoms with E-state index >= 15 is 0 Å². The van der Waals surface area contributed by atoms with E-state index in [1.54, 1.807) is 6.92 Å². The van der Waals surface area contributed by atoms with Gasteiger partial charge in [0.15, 0.2) is 0 Å². The number of carbonyl (C=O) groups is 1. The van der Waals surface area contributed by atoms with Crippen LogP contribution in [0.4, 0.5) is 0 Å². The average Bonchev–Trinajstić information content (AvgIpc) is 3.08. The molecule has 0 radical (unpaired) electrons. The molecule has 0 spiro atoms. The highest BCUT2D eigenvalue weighted by atomic mass is 16.1.